The molecule has 1 heterocycles. The maximum atomic E-state index is 5.86. The lowest BCUT2D eigenvalue weighted by molar-refractivity contribution is 0.589. The molecule has 0 bridgehead atoms. The number of rotatable bonds is 2. The lowest BCUT2D eigenvalue weighted by Crippen LogP contribution is -1.84. The van der Waals surface area contributed by atoms with E-state index in [1.165, 1.54) is 0 Å². The van der Waals surface area contributed by atoms with Crippen molar-refractivity contribution in [2.75, 3.05) is 5.73 Å². The van der Waals surface area contributed by atoms with Crippen molar-refractivity contribution in [2.24, 2.45) is 0 Å². The molecule has 1 aromatic heterocycles. The van der Waals surface area contributed by atoms with Crippen LogP contribution in [0.15, 0.2) is 59.1 Å². The quantitative estimate of drug-likeness (QED) is 0.709. The van der Waals surface area contributed by atoms with Crippen LogP contribution in [-0.4, -0.2) is 4.98 Å². The Bertz CT molecular complexity index is 704. The maximum absolute atomic E-state index is 5.86. The van der Waals surface area contributed by atoms with Crippen LogP contribution < -0.4 is 5.73 Å². The highest BCUT2D eigenvalue weighted by atomic mass is 35.5. The van der Waals surface area contributed by atoms with Gasteiger partial charge in [-0.05, 0) is 42.5 Å². The summed E-state index contributed by atoms with van der Waals surface area (Å²) >= 11 is 5.86. The van der Waals surface area contributed by atoms with E-state index in [0.717, 1.165) is 11.1 Å². The molecular weight excluding hydrogens is 260 g/mol. The average molecular weight is 271 g/mol. The third-order valence-electron chi connectivity index (χ3n) is 2.77. The molecule has 0 atom stereocenters. The van der Waals surface area contributed by atoms with Crippen molar-refractivity contribution in [3.63, 3.8) is 0 Å². The molecule has 0 saturated heterocycles. The molecular formula is C15H11ClN2O. The molecule has 3 nitrogen and oxygen atoms in total. The first-order valence-corrected chi connectivity index (χ1v) is 6.18. The normalized spacial score (nSPS) is 10.6. The Morgan fingerprint density at radius 1 is 1.00 bits per heavy atom. The van der Waals surface area contributed by atoms with Crippen LogP contribution in [0, 0.1) is 0 Å². The molecule has 3 aromatic rings. The summed E-state index contributed by atoms with van der Waals surface area (Å²) in [6.07, 6.45) is 1.70. The largest absolute Gasteiger partial charge is 0.436 e. The number of benzene rings is 2. The number of oxazole rings is 1. The molecule has 3 rings (SSSR count). The fourth-order valence-corrected chi connectivity index (χ4v) is 1.95. The molecule has 94 valence electrons. The number of hydrogen-bond donors (Lipinski definition) is 1. The molecule has 2 aromatic carbocycles. The first-order valence-electron chi connectivity index (χ1n) is 5.80. The van der Waals surface area contributed by atoms with E-state index in [1.807, 2.05) is 48.5 Å². The molecule has 0 aliphatic heterocycles. The maximum Gasteiger partial charge on any atom is 0.226 e. The number of halogens is 1. The van der Waals surface area contributed by atoms with E-state index in [2.05, 4.69) is 4.98 Å². The lowest BCUT2D eigenvalue weighted by atomic mass is 10.2. The Morgan fingerprint density at radius 3 is 2.53 bits per heavy atom. The first kappa shape index (κ1) is 11.8. The summed E-state index contributed by atoms with van der Waals surface area (Å²) in [7, 11) is 0. The molecule has 0 aliphatic carbocycles. The summed E-state index contributed by atoms with van der Waals surface area (Å²) in [4.78, 5) is 4.27. The summed E-state index contributed by atoms with van der Waals surface area (Å²) in [5, 5.41) is 0.694. The van der Waals surface area contributed by atoms with Gasteiger partial charge in [0.15, 0.2) is 5.76 Å². The van der Waals surface area contributed by atoms with E-state index in [-0.39, 0.29) is 0 Å². The molecule has 0 amide bonds. The summed E-state index contributed by atoms with van der Waals surface area (Å²) < 4.78 is 5.74. The predicted molar refractivity (Wildman–Crippen MR) is 76.8 cm³/mol. The van der Waals surface area contributed by atoms with Gasteiger partial charge in [-0.3, -0.25) is 0 Å². The fraction of sp³-hybridized carbons (Fsp3) is 0. The van der Waals surface area contributed by atoms with Crippen molar-refractivity contribution in [3.8, 4) is 22.8 Å². The summed E-state index contributed by atoms with van der Waals surface area (Å²) in [6.45, 7) is 0. The molecule has 4 heteroatoms. The molecule has 0 saturated carbocycles. The van der Waals surface area contributed by atoms with Crippen LogP contribution in [0.2, 0.25) is 5.02 Å². The third-order valence-corrected chi connectivity index (χ3v) is 3.02. The van der Waals surface area contributed by atoms with Gasteiger partial charge in [0.25, 0.3) is 0 Å². The zero-order valence-corrected chi connectivity index (χ0v) is 10.8. The lowest BCUT2D eigenvalue weighted by Gasteiger charge is -1.98. The molecule has 0 spiro atoms. The Kier molecular flexibility index (Phi) is 2.97. The minimum atomic E-state index is 0.553. The van der Waals surface area contributed by atoms with Gasteiger partial charge in [0, 0.05) is 21.8 Å². The van der Waals surface area contributed by atoms with Crippen molar-refractivity contribution in [3.05, 3.63) is 59.8 Å². The topological polar surface area (TPSA) is 52.0 Å². The van der Waals surface area contributed by atoms with Crippen LogP contribution in [0.1, 0.15) is 0 Å². The van der Waals surface area contributed by atoms with Crippen LogP contribution in [0.5, 0.6) is 0 Å². The summed E-state index contributed by atoms with van der Waals surface area (Å²) in [5.74, 6) is 1.26. The minimum absolute atomic E-state index is 0.553. The molecule has 0 unspecified atom stereocenters. The number of nitrogen functional groups attached to an aromatic ring is 1. The predicted octanol–water partition coefficient (Wildman–Crippen LogP) is 4.24. The van der Waals surface area contributed by atoms with E-state index >= 15 is 0 Å². The second-order valence-corrected chi connectivity index (χ2v) is 4.60. The summed E-state index contributed by atoms with van der Waals surface area (Å²) in [5.41, 5.74) is 8.23. The highest BCUT2D eigenvalue weighted by molar-refractivity contribution is 6.30. The number of nitrogens with two attached hydrogens (primary N) is 1. The zero-order valence-electron chi connectivity index (χ0n) is 10.0. The van der Waals surface area contributed by atoms with Gasteiger partial charge in [0.1, 0.15) is 0 Å². The Labute approximate surface area is 115 Å². The standard InChI is InChI=1S/C15H11ClN2O/c16-12-6-4-10(5-7-12)14-9-18-15(19-14)11-2-1-3-13(17)8-11/h1-9H,17H2. The van der Waals surface area contributed by atoms with E-state index in [1.54, 1.807) is 6.20 Å². The van der Waals surface area contributed by atoms with Gasteiger partial charge in [0.05, 0.1) is 6.20 Å². The van der Waals surface area contributed by atoms with Crippen molar-refractivity contribution >= 4 is 17.3 Å². The Morgan fingerprint density at radius 2 is 1.79 bits per heavy atom. The van der Waals surface area contributed by atoms with Crippen LogP contribution in [0.4, 0.5) is 5.69 Å². The van der Waals surface area contributed by atoms with Crippen LogP contribution in [-0.2, 0) is 0 Å². The van der Waals surface area contributed by atoms with E-state index in [0.29, 0.717) is 22.4 Å². The average Bonchev–Trinajstić information content (AvgIpc) is 2.89. The van der Waals surface area contributed by atoms with Crippen molar-refractivity contribution in [2.45, 2.75) is 0 Å². The molecule has 0 fully saturated rings. The van der Waals surface area contributed by atoms with Crippen LogP contribution in [0.25, 0.3) is 22.8 Å². The molecule has 19 heavy (non-hydrogen) atoms. The van der Waals surface area contributed by atoms with Gasteiger partial charge in [-0.1, -0.05) is 17.7 Å². The molecule has 0 aliphatic rings. The van der Waals surface area contributed by atoms with E-state index in [9.17, 15) is 0 Å². The highest BCUT2D eigenvalue weighted by Gasteiger charge is 2.08. The second kappa shape index (κ2) is 4.78. The molecule has 2 N–H and O–H groups in total. The number of hydrogen-bond acceptors (Lipinski definition) is 3. The summed E-state index contributed by atoms with van der Waals surface area (Å²) in [6, 6.07) is 14.9. The zero-order chi connectivity index (χ0) is 13.2. The van der Waals surface area contributed by atoms with Gasteiger partial charge in [0.2, 0.25) is 5.89 Å². The van der Waals surface area contributed by atoms with E-state index in [4.69, 9.17) is 21.8 Å². The third kappa shape index (κ3) is 2.46. The number of aromatic nitrogens is 1. The van der Waals surface area contributed by atoms with Gasteiger partial charge < -0.3 is 10.2 Å². The minimum Gasteiger partial charge on any atom is -0.436 e. The smallest absolute Gasteiger partial charge is 0.226 e. The van der Waals surface area contributed by atoms with Crippen LogP contribution in [0.3, 0.4) is 0 Å². The number of nitrogens with zero attached hydrogens (tertiary/aromatic N) is 1. The van der Waals surface area contributed by atoms with Crippen LogP contribution >= 0.6 is 11.6 Å². The highest BCUT2D eigenvalue weighted by Crippen LogP contribution is 2.27. The van der Waals surface area contributed by atoms with Gasteiger partial charge in [-0.15, -0.1) is 0 Å². The number of anilines is 1. The second-order valence-electron chi connectivity index (χ2n) is 4.16. The Hall–Kier alpha value is -2.26. The Balaban J connectivity index is 1.97. The van der Waals surface area contributed by atoms with Crippen molar-refractivity contribution < 1.29 is 4.42 Å². The van der Waals surface area contributed by atoms with Crippen molar-refractivity contribution in [1.82, 2.24) is 4.98 Å². The molecule has 0 radical (unpaired) electrons. The fourth-order valence-electron chi connectivity index (χ4n) is 1.83. The van der Waals surface area contributed by atoms with Gasteiger partial charge in [-0.2, -0.15) is 0 Å². The first-order chi connectivity index (χ1) is 9.22. The monoisotopic (exact) mass is 270 g/mol. The van der Waals surface area contributed by atoms with Crippen molar-refractivity contribution in [1.29, 1.82) is 0 Å². The van der Waals surface area contributed by atoms with Gasteiger partial charge in [-0.25, -0.2) is 4.98 Å². The SMILES string of the molecule is Nc1cccc(-c2ncc(-c3ccc(Cl)cc3)o2)c1. The van der Waals surface area contributed by atoms with E-state index < -0.39 is 0 Å². The van der Waals surface area contributed by atoms with Gasteiger partial charge >= 0.3 is 0 Å².